The minimum atomic E-state index is -2.68. The average Bonchev–Trinajstić information content (AvgIpc) is 2.20. The molecule has 0 amide bonds. The Bertz CT molecular complexity index is 296. The van der Waals surface area contributed by atoms with Gasteiger partial charge < -0.3 is 22.8 Å². The Kier molecular flexibility index (Phi) is 9.66. The molecule has 2 N–H and O–H groups in total. The van der Waals surface area contributed by atoms with Crippen molar-refractivity contribution in [1.29, 1.82) is 0 Å². The molecule has 140 valence electrons. The van der Waals surface area contributed by atoms with Crippen LogP contribution in [0.25, 0.3) is 0 Å². The largest absolute Gasteiger partial charge is 0.469 e. The number of aliphatic hydroxyl groups excluding tert-OH is 1. The number of hydrogen-bond donors (Lipinski definition) is 2. The van der Waals surface area contributed by atoms with E-state index in [-0.39, 0.29) is 6.61 Å². The van der Waals surface area contributed by atoms with E-state index in [1.54, 1.807) is 0 Å². The summed E-state index contributed by atoms with van der Waals surface area (Å²) in [5.74, 6) is 0. The van der Waals surface area contributed by atoms with Crippen molar-refractivity contribution in [3.63, 3.8) is 0 Å². The van der Waals surface area contributed by atoms with E-state index in [2.05, 4.69) is 64.2 Å². The van der Waals surface area contributed by atoms with E-state index < -0.39 is 33.8 Å². The summed E-state index contributed by atoms with van der Waals surface area (Å²) >= 11 is 0. The highest BCUT2D eigenvalue weighted by Crippen LogP contribution is 2.29. The minimum absolute atomic E-state index is 0.171. The smallest absolute Gasteiger partial charge is 0.417 e. The predicted octanol–water partition coefficient (Wildman–Crippen LogP) is 3.45. The Labute approximate surface area is 147 Å². The fourth-order valence-electron chi connectivity index (χ4n) is 2.25. The average molecular weight is 398 g/mol. The molecule has 0 aromatic rings. The third-order valence-electron chi connectivity index (χ3n) is 2.51. The molecule has 0 aromatic heterocycles. The van der Waals surface area contributed by atoms with Gasteiger partial charge in [0.05, 0.1) is 6.61 Å². The minimum Gasteiger partial charge on any atom is -0.417 e. The van der Waals surface area contributed by atoms with Gasteiger partial charge in [-0.25, -0.2) is 0 Å². The van der Waals surface area contributed by atoms with Gasteiger partial charge in [-0.1, -0.05) is 0 Å². The maximum absolute atomic E-state index is 8.87. The molecule has 23 heavy (non-hydrogen) atoms. The first-order valence-corrected chi connectivity index (χ1v) is 20.8. The second kappa shape index (κ2) is 9.39. The fourth-order valence-corrected chi connectivity index (χ4v) is 16.9. The van der Waals surface area contributed by atoms with Gasteiger partial charge in [-0.15, -0.1) is 0 Å². The van der Waals surface area contributed by atoms with Crippen molar-refractivity contribution in [3.05, 3.63) is 0 Å². The van der Waals surface area contributed by atoms with Gasteiger partial charge in [-0.05, 0) is 71.9 Å². The number of aliphatic hydroxyl groups is 1. The predicted molar refractivity (Wildman–Crippen MR) is 108 cm³/mol. The summed E-state index contributed by atoms with van der Waals surface area (Å²) in [6.45, 7) is 21.5. The Balaban J connectivity index is 5.21. The Hall–Kier alpha value is 0.668. The monoisotopic (exact) mass is 397 g/mol. The molecule has 5 nitrogen and oxygen atoms in total. The van der Waals surface area contributed by atoms with Gasteiger partial charge in [0.1, 0.15) is 0 Å². The maximum Gasteiger partial charge on any atom is 0.469 e. The zero-order valence-electron chi connectivity index (χ0n) is 16.7. The molecule has 0 unspecified atom stereocenters. The molecule has 0 saturated carbocycles. The van der Waals surface area contributed by atoms with E-state index in [9.17, 15) is 0 Å². The molecule has 0 aliphatic carbocycles. The Morgan fingerprint density at radius 1 is 0.696 bits per heavy atom. The zero-order valence-corrected chi connectivity index (χ0v) is 20.7. The van der Waals surface area contributed by atoms with E-state index in [1.165, 1.54) is 0 Å². The first kappa shape index (κ1) is 23.7. The molecule has 0 spiro atoms. The van der Waals surface area contributed by atoms with Crippen LogP contribution in [0, 0.1) is 0 Å². The summed E-state index contributed by atoms with van der Waals surface area (Å²) in [4.78, 5) is 0. The first-order chi connectivity index (χ1) is 10.2. The molecule has 0 heterocycles. The molecular weight excluding hydrogens is 359 g/mol. The van der Waals surface area contributed by atoms with Gasteiger partial charge >= 0.3 is 8.80 Å². The lowest BCUT2D eigenvalue weighted by Gasteiger charge is -2.43. The van der Waals surface area contributed by atoms with E-state index in [0.717, 1.165) is 19.0 Å². The molecule has 0 aromatic carbocycles. The van der Waals surface area contributed by atoms with E-state index in [4.69, 9.17) is 17.5 Å². The number of nitrogens with one attached hydrogen (secondary N) is 1. The van der Waals surface area contributed by atoms with Crippen LogP contribution >= 0.6 is 0 Å². The lowest BCUT2D eigenvalue weighted by Crippen LogP contribution is -2.60. The van der Waals surface area contributed by atoms with Gasteiger partial charge in [0.25, 0.3) is 0 Å². The molecule has 0 bridgehead atoms. The van der Waals surface area contributed by atoms with Gasteiger partial charge in [0.2, 0.25) is 0 Å². The molecule has 0 radical (unpaired) electrons. The normalized spacial score (nSPS) is 14.3. The molecule has 0 saturated heterocycles. The highest BCUT2D eigenvalue weighted by Gasteiger charge is 2.49. The second-order valence-corrected chi connectivity index (χ2v) is 25.9. The van der Waals surface area contributed by atoms with Crippen molar-refractivity contribution >= 4 is 33.8 Å². The number of rotatable bonds is 12. The van der Waals surface area contributed by atoms with Crippen LogP contribution in [0.4, 0.5) is 0 Å². The van der Waals surface area contributed by atoms with Gasteiger partial charge in [-0.2, -0.15) is 0 Å². The standard InChI is InChI=1S/C14H39NO4Si4/c1-20(2,3)17-23(18-21(4,5)6,19-22(7,8)9)14-10-11-15-12-13-16/h15-16H,10-14H2,1-9H3. The summed E-state index contributed by atoms with van der Waals surface area (Å²) in [7, 11) is -7.99. The lowest BCUT2D eigenvalue weighted by molar-refractivity contribution is 0.249. The summed E-state index contributed by atoms with van der Waals surface area (Å²) in [5.41, 5.74) is 0. The molecule has 0 atom stereocenters. The van der Waals surface area contributed by atoms with Crippen LogP contribution in [0.3, 0.4) is 0 Å². The summed E-state index contributed by atoms with van der Waals surface area (Å²) in [5, 5.41) is 12.1. The lowest BCUT2D eigenvalue weighted by atomic mass is 10.5. The van der Waals surface area contributed by atoms with Crippen molar-refractivity contribution in [2.75, 3.05) is 19.7 Å². The number of hydrogen-bond acceptors (Lipinski definition) is 5. The maximum atomic E-state index is 8.87. The highest BCUT2D eigenvalue weighted by atomic mass is 28.5. The Morgan fingerprint density at radius 2 is 1.09 bits per heavy atom. The first-order valence-electron chi connectivity index (χ1n) is 8.60. The van der Waals surface area contributed by atoms with E-state index >= 15 is 0 Å². The summed E-state index contributed by atoms with van der Waals surface area (Å²) in [6.07, 6.45) is 0.950. The van der Waals surface area contributed by atoms with Crippen molar-refractivity contribution in [3.8, 4) is 0 Å². The molecule has 0 aliphatic rings. The van der Waals surface area contributed by atoms with E-state index in [0.29, 0.717) is 6.54 Å². The van der Waals surface area contributed by atoms with Crippen LogP contribution < -0.4 is 5.32 Å². The fraction of sp³-hybridized carbons (Fsp3) is 1.00. The Morgan fingerprint density at radius 3 is 1.39 bits per heavy atom. The van der Waals surface area contributed by atoms with E-state index in [1.807, 2.05) is 0 Å². The van der Waals surface area contributed by atoms with Crippen LogP contribution in [-0.4, -0.2) is 58.6 Å². The van der Waals surface area contributed by atoms with Gasteiger partial charge in [0, 0.05) is 12.6 Å². The van der Waals surface area contributed by atoms with Crippen LogP contribution in [0.5, 0.6) is 0 Å². The molecule has 0 aliphatic heterocycles. The van der Waals surface area contributed by atoms with Crippen LogP contribution in [-0.2, 0) is 12.3 Å². The van der Waals surface area contributed by atoms with Crippen LogP contribution in [0.2, 0.25) is 65.0 Å². The topological polar surface area (TPSA) is 60.0 Å². The van der Waals surface area contributed by atoms with Crippen molar-refractivity contribution in [2.45, 2.75) is 71.4 Å². The zero-order chi connectivity index (χ0) is 18.4. The van der Waals surface area contributed by atoms with Crippen molar-refractivity contribution in [2.24, 2.45) is 0 Å². The summed E-state index contributed by atoms with van der Waals surface area (Å²) < 4.78 is 19.8. The SMILES string of the molecule is C[Si](C)(C)O[Si](CCCNCCO)(O[Si](C)(C)C)O[Si](C)(C)C. The quantitative estimate of drug-likeness (QED) is 0.390. The van der Waals surface area contributed by atoms with Crippen molar-refractivity contribution in [1.82, 2.24) is 5.32 Å². The van der Waals surface area contributed by atoms with Crippen LogP contribution in [0.1, 0.15) is 6.42 Å². The van der Waals surface area contributed by atoms with Gasteiger partial charge in [-0.3, -0.25) is 0 Å². The molecule has 9 heteroatoms. The third-order valence-corrected chi connectivity index (χ3v) is 14.6. The molecule has 0 fully saturated rings. The summed E-state index contributed by atoms with van der Waals surface area (Å²) in [6, 6.07) is 0.851. The second-order valence-electron chi connectivity index (χ2n) is 8.90. The third kappa shape index (κ3) is 13.6. The highest BCUT2D eigenvalue weighted by molar-refractivity contribution is 6.90. The molecular formula is C14H39NO4Si4. The molecule has 0 rings (SSSR count). The van der Waals surface area contributed by atoms with Crippen LogP contribution in [0.15, 0.2) is 0 Å². The van der Waals surface area contributed by atoms with Gasteiger partial charge in [0.15, 0.2) is 25.0 Å². The van der Waals surface area contributed by atoms with Crippen molar-refractivity contribution < 1.29 is 17.5 Å².